The normalized spacial score (nSPS) is 23.2. The quantitative estimate of drug-likeness (QED) is 0.887. The van der Waals surface area contributed by atoms with Crippen molar-refractivity contribution in [2.45, 2.75) is 37.5 Å². The fourth-order valence-electron chi connectivity index (χ4n) is 3.95. The van der Waals surface area contributed by atoms with Crippen molar-refractivity contribution in [1.29, 1.82) is 0 Å². The number of carbonyl (C=O) groups excluding carboxylic acids is 1. The van der Waals surface area contributed by atoms with E-state index in [-0.39, 0.29) is 24.0 Å². The van der Waals surface area contributed by atoms with Crippen LogP contribution in [-0.4, -0.2) is 42.3 Å². The number of nitrogens with zero attached hydrogens (tertiary/aromatic N) is 1. The van der Waals surface area contributed by atoms with Crippen molar-refractivity contribution in [3.63, 3.8) is 0 Å². The second-order valence-corrected chi connectivity index (χ2v) is 7.37. The lowest BCUT2D eigenvalue weighted by Gasteiger charge is -2.31. The molecular formula is C18H25ClN2O2. The number of hydrogen-bond donors (Lipinski definition) is 2. The van der Waals surface area contributed by atoms with E-state index in [1.165, 1.54) is 18.4 Å². The lowest BCUT2D eigenvalue weighted by Crippen LogP contribution is -2.45. The third-order valence-electron chi connectivity index (χ3n) is 5.43. The zero-order valence-corrected chi connectivity index (χ0v) is 14.2. The monoisotopic (exact) mass is 336 g/mol. The largest absolute Gasteiger partial charge is 0.396 e. The van der Waals surface area contributed by atoms with E-state index in [1.807, 2.05) is 17.0 Å². The van der Waals surface area contributed by atoms with Gasteiger partial charge in [0.05, 0.1) is 0 Å². The maximum atomic E-state index is 12.4. The molecule has 2 aliphatic rings. The van der Waals surface area contributed by atoms with Crippen molar-refractivity contribution in [2.75, 3.05) is 26.2 Å². The fourth-order valence-corrected chi connectivity index (χ4v) is 4.07. The number of halogens is 1. The van der Waals surface area contributed by atoms with Gasteiger partial charge < -0.3 is 15.3 Å². The van der Waals surface area contributed by atoms with Crippen LogP contribution in [0.2, 0.25) is 5.02 Å². The highest BCUT2D eigenvalue weighted by Gasteiger charge is 2.36. The van der Waals surface area contributed by atoms with Gasteiger partial charge in [-0.25, -0.2) is 4.79 Å². The zero-order chi connectivity index (χ0) is 16.3. The van der Waals surface area contributed by atoms with Crippen molar-refractivity contribution in [1.82, 2.24) is 10.2 Å². The number of rotatable bonds is 4. The molecule has 1 aromatic rings. The maximum Gasteiger partial charge on any atom is 0.317 e. The Morgan fingerprint density at radius 2 is 2.00 bits per heavy atom. The smallest absolute Gasteiger partial charge is 0.317 e. The Morgan fingerprint density at radius 3 is 2.61 bits per heavy atom. The van der Waals surface area contributed by atoms with Crippen LogP contribution in [0.15, 0.2) is 24.3 Å². The first kappa shape index (κ1) is 16.6. The number of benzene rings is 1. The molecule has 3 rings (SSSR count). The van der Waals surface area contributed by atoms with Crippen molar-refractivity contribution in [3.05, 3.63) is 34.9 Å². The van der Waals surface area contributed by atoms with Crippen molar-refractivity contribution >= 4 is 17.6 Å². The molecule has 1 aliphatic heterocycles. The van der Waals surface area contributed by atoms with E-state index in [9.17, 15) is 9.90 Å². The topological polar surface area (TPSA) is 52.6 Å². The first-order valence-corrected chi connectivity index (χ1v) is 8.90. The first-order valence-electron chi connectivity index (χ1n) is 8.53. The highest BCUT2D eigenvalue weighted by atomic mass is 35.5. The minimum atomic E-state index is 0.00110. The van der Waals surface area contributed by atoms with Crippen LogP contribution in [-0.2, 0) is 5.41 Å². The molecule has 0 bridgehead atoms. The Morgan fingerprint density at radius 1 is 1.30 bits per heavy atom. The van der Waals surface area contributed by atoms with Gasteiger partial charge in [0.15, 0.2) is 0 Å². The third kappa shape index (κ3) is 3.64. The summed E-state index contributed by atoms with van der Waals surface area (Å²) in [6.07, 6.45) is 5.51. The van der Waals surface area contributed by atoms with Gasteiger partial charge in [0, 0.05) is 42.6 Å². The van der Waals surface area contributed by atoms with Crippen LogP contribution >= 0.6 is 11.6 Å². The molecule has 1 heterocycles. The molecular weight excluding hydrogens is 312 g/mol. The minimum absolute atomic E-state index is 0.00110. The molecule has 1 unspecified atom stereocenters. The predicted molar refractivity (Wildman–Crippen MR) is 91.8 cm³/mol. The van der Waals surface area contributed by atoms with E-state index in [1.54, 1.807) is 0 Å². The van der Waals surface area contributed by atoms with Crippen LogP contribution < -0.4 is 5.32 Å². The number of aliphatic hydroxyl groups excluding tert-OH is 1. The summed E-state index contributed by atoms with van der Waals surface area (Å²) < 4.78 is 0. The van der Waals surface area contributed by atoms with Crippen LogP contribution in [0.5, 0.6) is 0 Å². The highest BCUT2D eigenvalue weighted by Crippen LogP contribution is 2.41. The molecule has 1 aliphatic carbocycles. The summed E-state index contributed by atoms with van der Waals surface area (Å²) >= 11 is 6.01. The lowest BCUT2D eigenvalue weighted by molar-refractivity contribution is 0.195. The van der Waals surface area contributed by atoms with E-state index in [0.29, 0.717) is 13.1 Å². The summed E-state index contributed by atoms with van der Waals surface area (Å²) in [4.78, 5) is 14.2. The van der Waals surface area contributed by atoms with Gasteiger partial charge in [0.1, 0.15) is 0 Å². The molecule has 2 fully saturated rings. The molecule has 1 atom stereocenters. The molecule has 0 aromatic heterocycles. The first-order chi connectivity index (χ1) is 11.1. The summed E-state index contributed by atoms with van der Waals surface area (Å²) in [6, 6.07) is 8.06. The number of likely N-dealkylation sites (tertiary alicyclic amines) is 1. The van der Waals surface area contributed by atoms with Crippen LogP contribution in [0.3, 0.4) is 0 Å². The van der Waals surface area contributed by atoms with Gasteiger partial charge in [0.25, 0.3) is 0 Å². The molecule has 1 saturated heterocycles. The molecule has 1 aromatic carbocycles. The number of urea groups is 1. The van der Waals surface area contributed by atoms with Crippen LogP contribution in [0, 0.1) is 5.92 Å². The number of nitrogens with one attached hydrogen (secondary N) is 1. The molecule has 4 nitrogen and oxygen atoms in total. The van der Waals surface area contributed by atoms with E-state index >= 15 is 0 Å². The number of carbonyl (C=O) groups is 1. The summed E-state index contributed by atoms with van der Waals surface area (Å²) in [6.45, 7) is 2.24. The summed E-state index contributed by atoms with van der Waals surface area (Å²) in [5, 5.41) is 13.1. The Labute approximate surface area is 142 Å². The lowest BCUT2D eigenvalue weighted by atomic mass is 9.79. The number of aliphatic hydroxyl groups is 1. The van der Waals surface area contributed by atoms with E-state index in [2.05, 4.69) is 17.4 Å². The van der Waals surface area contributed by atoms with Crippen molar-refractivity contribution < 1.29 is 9.90 Å². The molecule has 2 N–H and O–H groups in total. The third-order valence-corrected chi connectivity index (χ3v) is 5.68. The Kier molecular flexibility index (Phi) is 5.12. The van der Waals surface area contributed by atoms with Gasteiger partial charge in [-0.15, -0.1) is 0 Å². The molecule has 126 valence electrons. The second-order valence-electron chi connectivity index (χ2n) is 6.94. The fraction of sp³-hybridized carbons (Fsp3) is 0.611. The number of hydrogen-bond acceptors (Lipinski definition) is 2. The van der Waals surface area contributed by atoms with Gasteiger partial charge in [-0.3, -0.25) is 0 Å². The Balaban J connectivity index is 1.64. The average Bonchev–Trinajstić information content (AvgIpc) is 3.23. The van der Waals surface area contributed by atoms with Gasteiger partial charge in [-0.05, 0) is 37.0 Å². The Bertz CT molecular complexity index is 540. The number of amides is 2. The predicted octanol–water partition coefficient (Wildman–Crippen LogP) is 3.18. The second kappa shape index (κ2) is 7.10. The highest BCUT2D eigenvalue weighted by molar-refractivity contribution is 6.30. The standard InChI is InChI=1S/C18H25ClN2O2/c19-16-5-3-15(4-6-16)18(8-1-2-9-18)13-20-17(23)21-10-7-14(11-21)12-22/h3-6,14,22H,1-2,7-13H2,(H,20,23). The van der Waals surface area contributed by atoms with Crippen LogP contribution in [0.4, 0.5) is 4.79 Å². The molecule has 5 heteroatoms. The molecule has 1 saturated carbocycles. The van der Waals surface area contributed by atoms with Gasteiger partial charge in [-0.2, -0.15) is 0 Å². The van der Waals surface area contributed by atoms with Crippen LogP contribution in [0.25, 0.3) is 0 Å². The SMILES string of the molecule is O=C(NCC1(c2ccc(Cl)cc2)CCCC1)N1CCC(CO)C1. The van der Waals surface area contributed by atoms with Crippen LogP contribution in [0.1, 0.15) is 37.7 Å². The van der Waals surface area contributed by atoms with E-state index in [4.69, 9.17) is 11.6 Å². The molecule has 0 radical (unpaired) electrons. The van der Waals surface area contributed by atoms with Gasteiger partial charge in [-0.1, -0.05) is 36.6 Å². The molecule has 0 spiro atoms. The summed E-state index contributed by atoms with van der Waals surface area (Å²) in [5.41, 5.74) is 1.31. The Hall–Kier alpha value is -1.26. The van der Waals surface area contributed by atoms with Crippen molar-refractivity contribution in [2.24, 2.45) is 5.92 Å². The van der Waals surface area contributed by atoms with Gasteiger partial charge >= 0.3 is 6.03 Å². The molecule has 23 heavy (non-hydrogen) atoms. The minimum Gasteiger partial charge on any atom is -0.396 e. The van der Waals surface area contributed by atoms with Crippen molar-refractivity contribution in [3.8, 4) is 0 Å². The van der Waals surface area contributed by atoms with Gasteiger partial charge in [0.2, 0.25) is 0 Å². The summed E-state index contributed by atoms with van der Waals surface area (Å²) in [7, 11) is 0. The zero-order valence-electron chi connectivity index (χ0n) is 13.4. The van der Waals surface area contributed by atoms with E-state index < -0.39 is 0 Å². The summed E-state index contributed by atoms with van der Waals surface area (Å²) in [5.74, 6) is 0.234. The average molecular weight is 337 g/mol. The van der Waals surface area contributed by atoms with E-state index in [0.717, 1.165) is 30.8 Å². The molecule has 2 amide bonds. The maximum absolute atomic E-state index is 12.4.